The van der Waals surface area contributed by atoms with Gasteiger partial charge in [-0.3, -0.25) is 4.90 Å². The predicted octanol–water partition coefficient (Wildman–Crippen LogP) is 0.286. The van der Waals surface area contributed by atoms with Crippen molar-refractivity contribution < 1.29 is 13.2 Å². The molecule has 7 heteroatoms. The van der Waals surface area contributed by atoms with Crippen molar-refractivity contribution in [2.45, 2.75) is 11.8 Å². The van der Waals surface area contributed by atoms with E-state index in [1.165, 1.54) is 0 Å². The Morgan fingerprint density at radius 2 is 1.90 bits per heavy atom. The largest absolute Gasteiger partial charge is 0.379 e. The van der Waals surface area contributed by atoms with Crippen LogP contribution in [0.1, 0.15) is 17.4 Å². The van der Waals surface area contributed by atoms with Gasteiger partial charge in [-0.1, -0.05) is 30.3 Å². The van der Waals surface area contributed by atoms with Crippen LogP contribution in [0.2, 0.25) is 0 Å². The highest BCUT2D eigenvalue weighted by molar-refractivity contribution is 7.89. The summed E-state index contributed by atoms with van der Waals surface area (Å²) in [7, 11) is -3.53. The van der Waals surface area contributed by atoms with Crippen molar-refractivity contribution in [3.8, 4) is 0 Å². The van der Waals surface area contributed by atoms with Crippen LogP contribution in [0.25, 0.3) is 0 Å². The van der Waals surface area contributed by atoms with E-state index in [4.69, 9.17) is 10.5 Å². The molecule has 1 unspecified atom stereocenters. The van der Waals surface area contributed by atoms with Gasteiger partial charge in [0.1, 0.15) is 5.37 Å². The van der Waals surface area contributed by atoms with Gasteiger partial charge in [0, 0.05) is 19.6 Å². The molecule has 1 saturated heterocycles. The smallest absolute Gasteiger partial charge is 0.231 e. The number of benzene rings is 1. The number of sulfonamides is 1. The predicted molar refractivity (Wildman–Crippen MR) is 82.2 cm³/mol. The molecule has 1 aromatic rings. The van der Waals surface area contributed by atoms with E-state index >= 15 is 0 Å². The first-order chi connectivity index (χ1) is 10.1. The van der Waals surface area contributed by atoms with E-state index in [-0.39, 0.29) is 0 Å². The number of nitrogens with two attached hydrogens (primary N) is 1. The molecule has 0 saturated carbocycles. The molecule has 1 heterocycles. The van der Waals surface area contributed by atoms with Crippen LogP contribution in [0.15, 0.2) is 30.3 Å². The van der Waals surface area contributed by atoms with E-state index in [0.29, 0.717) is 12.1 Å². The summed E-state index contributed by atoms with van der Waals surface area (Å²) in [5.74, 6) is 0. The molecule has 2 rings (SSSR count). The Morgan fingerprint density at radius 1 is 1.24 bits per heavy atom. The fourth-order valence-corrected chi connectivity index (χ4v) is 3.38. The summed E-state index contributed by atoms with van der Waals surface area (Å²) in [5, 5.41) is -1.03. The van der Waals surface area contributed by atoms with Gasteiger partial charge in [0.25, 0.3) is 0 Å². The summed E-state index contributed by atoms with van der Waals surface area (Å²) in [4.78, 5) is 2.27. The average Bonchev–Trinajstić information content (AvgIpc) is 2.53. The number of nitrogens with one attached hydrogen (secondary N) is 1. The fraction of sp³-hybridized carbons (Fsp3) is 0.571. The van der Waals surface area contributed by atoms with Gasteiger partial charge in [-0.15, -0.1) is 0 Å². The van der Waals surface area contributed by atoms with Gasteiger partial charge < -0.3 is 10.5 Å². The lowest BCUT2D eigenvalue weighted by Crippen LogP contribution is -2.39. The molecular formula is C14H23N3O3S. The minimum atomic E-state index is -3.53. The molecule has 0 bridgehead atoms. The first kappa shape index (κ1) is 16.4. The van der Waals surface area contributed by atoms with E-state index in [1.54, 1.807) is 24.3 Å². The van der Waals surface area contributed by atoms with Crippen molar-refractivity contribution in [1.82, 2.24) is 9.62 Å². The van der Waals surface area contributed by atoms with E-state index < -0.39 is 15.4 Å². The summed E-state index contributed by atoms with van der Waals surface area (Å²) >= 11 is 0. The van der Waals surface area contributed by atoms with Gasteiger partial charge in [0.05, 0.1) is 13.2 Å². The second kappa shape index (κ2) is 7.86. The monoisotopic (exact) mass is 313 g/mol. The molecule has 1 aromatic carbocycles. The number of hydrogen-bond donors (Lipinski definition) is 2. The molecule has 3 N–H and O–H groups in total. The maximum Gasteiger partial charge on any atom is 0.231 e. The molecule has 21 heavy (non-hydrogen) atoms. The van der Waals surface area contributed by atoms with Crippen LogP contribution in [0, 0.1) is 0 Å². The zero-order valence-electron chi connectivity index (χ0n) is 12.1. The summed E-state index contributed by atoms with van der Waals surface area (Å²) in [6.45, 7) is 4.61. The van der Waals surface area contributed by atoms with Gasteiger partial charge in [0.15, 0.2) is 0 Å². The Bertz CT molecular complexity index is 516. The zero-order valence-corrected chi connectivity index (χ0v) is 12.9. The van der Waals surface area contributed by atoms with Crippen LogP contribution in [0.5, 0.6) is 0 Å². The normalized spacial score (nSPS) is 18.5. The van der Waals surface area contributed by atoms with E-state index in [9.17, 15) is 8.42 Å². The van der Waals surface area contributed by atoms with Crippen LogP contribution in [0.4, 0.5) is 0 Å². The second-order valence-corrected chi connectivity index (χ2v) is 6.96. The highest BCUT2D eigenvalue weighted by Gasteiger charge is 2.22. The highest BCUT2D eigenvalue weighted by Crippen LogP contribution is 2.14. The number of hydrogen-bond acceptors (Lipinski definition) is 5. The topological polar surface area (TPSA) is 84.7 Å². The first-order valence-electron chi connectivity index (χ1n) is 7.19. The molecule has 0 amide bonds. The standard InChI is InChI=1S/C14H23N3O3S/c15-14(13-5-2-1-3-6-13)21(18,19)16-7-4-8-17-9-11-20-12-10-17/h1-3,5-6,14,16H,4,7-12,15H2. The van der Waals surface area contributed by atoms with Crippen molar-refractivity contribution in [1.29, 1.82) is 0 Å². The molecule has 1 aliphatic heterocycles. The molecule has 1 fully saturated rings. The molecule has 0 aliphatic carbocycles. The lowest BCUT2D eigenvalue weighted by atomic mass is 10.2. The van der Waals surface area contributed by atoms with Crippen molar-refractivity contribution in [2.24, 2.45) is 5.73 Å². The third kappa shape index (κ3) is 5.05. The third-order valence-electron chi connectivity index (χ3n) is 3.52. The number of morpholine rings is 1. The summed E-state index contributed by atoms with van der Waals surface area (Å²) in [6, 6.07) is 8.83. The van der Waals surface area contributed by atoms with Gasteiger partial charge in [-0.2, -0.15) is 0 Å². The van der Waals surface area contributed by atoms with Crippen LogP contribution < -0.4 is 10.5 Å². The summed E-state index contributed by atoms with van der Waals surface area (Å²) < 4.78 is 32.1. The fourth-order valence-electron chi connectivity index (χ4n) is 2.25. The van der Waals surface area contributed by atoms with E-state index in [2.05, 4.69) is 9.62 Å². The highest BCUT2D eigenvalue weighted by atomic mass is 32.2. The van der Waals surface area contributed by atoms with Gasteiger partial charge >= 0.3 is 0 Å². The molecule has 0 aromatic heterocycles. The summed E-state index contributed by atoms with van der Waals surface area (Å²) in [5.41, 5.74) is 6.42. The maximum atomic E-state index is 12.1. The van der Waals surface area contributed by atoms with Gasteiger partial charge in [-0.25, -0.2) is 13.1 Å². The lowest BCUT2D eigenvalue weighted by Gasteiger charge is -2.26. The lowest BCUT2D eigenvalue weighted by molar-refractivity contribution is 0.0376. The molecular weight excluding hydrogens is 290 g/mol. The molecule has 0 radical (unpaired) electrons. The Labute approximate surface area is 126 Å². The number of rotatable bonds is 7. The minimum Gasteiger partial charge on any atom is -0.379 e. The van der Waals surface area contributed by atoms with Crippen molar-refractivity contribution in [2.75, 3.05) is 39.4 Å². The first-order valence-corrected chi connectivity index (χ1v) is 8.73. The molecule has 1 atom stereocenters. The van der Waals surface area contributed by atoms with Gasteiger partial charge in [0.2, 0.25) is 10.0 Å². The van der Waals surface area contributed by atoms with E-state index in [1.807, 2.05) is 6.07 Å². The maximum absolute atomic E-state index is 12.1. The zero-order chi connectivity index (χ0) is 15.1. The Kier molecular flexibility index (Phi) is 6.13. The van der Waals surface area contributed by atoms with Gasteiger partial charge in [-0.05, 0) is 18.5 Å². The SMILES string of the molecule is NC(c1ccccc1)S(=O)(=O)NCCCN1CCOCC1. The Morgan fingerprint density at radius 3 is 2.57 bits per heavy atom. The van der Waals surface area contributed by atoms with Crippen molar-refractivity contribution >= 4 is 10.0 Å². The van der Waals surface area contributed by atoms with Crippen molar-refractivity contribution in [3.05, 3.63) is 35.9 Å². The van der Waals surface area contributed by atoms with Crippen molar-refractivity contribution in [3.63, 3.8) is 0 Å². The average molecular weight is 313 g/mol. The van der Waals surface area contributed by atoms with E-state index in [0.717, 1.165) is 39.3 Å². The van der Waals surface area contributed by atoms with Crippen LogP contribution >= 0.6 is 0 Å². The molecule has 6 nitrogen and oxygen atoms in total. The molecule has 118 valence electrons. The Balaban J connectivity index is 1.76. The number of nitrogens with zero attached hydrogens (tertiary/aromatic N) is 1. The molecule has 0 spiro atoms. The quantitative estimate of drug-likeness (QED) is 0.707. The van der Waals surface area contributed by atoms with Crippen LogP contribution in [-0.4, -0.2) is 52.7 Å². The molecule has 1 aliphatic rings. The third-order valence-corrected chi connectivity index (χ3v) is 5.07. The van der Waals surface area contributed by atoms with Crippen LogP contribution in [0.3, 0.4) is 0 Å². The summed E-state index contributed by atoms with van der Waals surface area (Å²) in [6.07, 6.45) is 0.765. The minimum absolute atomic E-state index is 0.403. The Hall–Kier alpha value is -0.990. The van der Waals surface area contributed by atoms with Crippen LogP contribution in [-0.2, 0) is 14.8 Å². The number of ether oxygens (including phenoxy) is 1. The second-order valence-electron chi connectivity index (χ2n) is 5.08.